The number of hydrogen-bond donors (Lipinski definition) is 1. The van der Waals surface area contributed by atoms with E-state index in [1.807, 2.05) is 13.8 Å². The van der Waals surface area contributed by atoms with Crippen molar-refractivity contribution in [1.82, 2.24) is 5.16 Å². The second-order valence-electron chi connectivity index (χ2n) is 5.92. The Morgan fingerprint density at radius 3 is 2.37 bits per heavy atom. The Kier molecular flexibility index (Phi) is 5.58. The molecule has 0 spiro atoms. The van der Waals surface area contributed by atoms with Gasteiger partial charge in [-0.05, 0) is 18.3 Å². The second-order valence-corrected chi connectivity index (χ2v) is 5.92. The zero-order valence-electron chi connectivity index (χ0n) is 12.9. The standard InChI is InChI=1S/C15H26N2O2/c1-7-11(6)15(18)16-14-13(10(4)5)12(19-17-14)8-9(2)3/h9-11H,7-8H2,1-6H3,(H,16,17,18). The molecule has 0 aliphatic carbocycles. The van der Waals surface area contributed by atoms with Gasteiger partial charge in [0.25, 0.3) is 0 Å². The van der Waals surface area contributed by atoms with Crippen molar-refractivity contribution in [3.05, 3.63) is 11.3 Å². The van der Waals surface area contributed by atoms with Crippen LogP contribution < -0.4 is 5.32 Å². The van der Waals surface area contributed by atoms with Crippen LogP contribution in [0.4, 0.5) is 5.82 Å². The van der Waals surface area contributed by atoms with Gasteiger partial charge in [0.15, 0.2) is 5.82 Å². The normalized spacial score (nSPS) is 13.1. The van der Waals surface area contributed by atoms with Crippen LogP contribution in [0, 0.1) is 11.8 Å². The number of carbonyl (C=O) groups excluding carboxylic acids is 1. The molecular formula is C15H26N2O2. The van der Waals surface area contributed by atoms with Gasteiger partial charge in [-0.15, -0.1) is 0 Å². The van der Waals surface area contributed by atoms with Gasteiger partial charge in [-0.3, -0.25) is 4.79 Å². The molecule has 4 heteroatoms. The Bertz CT molecular complexity index is 422. The number of anilines is 1. The number of carbonyl (C=O) groups is 1. The summed E-state index contributed by atoms with van der Waals surface area (Å²) in [6, 6.07) is 0. The van der Waals surface area contributed by atoms with Gasteiger partial charge in [-0.1, -0.05) is 46.7 Å². The molecule has 0 saturated heterocycles. The summed E-state index contributed by atoms with van der Waals surface area (Å²) >= 11 is 0. The zero-order valence-corrected chi connectivity index (χ0v) is 12.9. The summed E-state index contributed by atoms with van der Waals surface area (Å²) < 4.78 is 5.42. The van der Waals surface area contributed by atoms with E-state index in [4.69, 9.17) is 4.52 Å². The third kappa shape index (κ3) is 4.08. The third-order valence-electron chi connectivity index (χ3n) is 3.28. The highest BCUT2D eigenvalue weighted by molar-refractivity contribution is 5.92. The van der Waals surface area contributed by atoms with Gasteiger partial charge in [0, 0.05) is 17.9 Å². The van der Waals surface area contributed by atoms with E-state index in [0.717, 1.165) is 24.2 Å². The fraction of sp³-hybridized carbons (Fsp3) is 0.733. The maximum absolute atomic E-state index is 12.0. The van der Waals surface area contributed by atoms with E-state index in [2.05, 4.69) is 38.2 Å². The zero-order chi connectivity index (χ0) is 14.6. The molecule has 0 aromatic carbocycles. The summed E-state index contributed by atoms with van der Waals surface area (Å²) in [4.78, 5) is 12.0. The van der Waals surface area contributed by atoms with Gasteiger partial charge in [0.1, 0.15) is 5.76 Å². The first-order valence-electron chi connectivity index (χ1n) is 7.16. The Morgan fingerprint density at radius 2 is 1.89 bits per heavy atom. The van der Waals surface area contributed by atoms with Crippen molar-refractivity contribution < 1.29 is 9.32 Å². The van der Waals surface area contributed by atoms with Crippen molar-refractivity contribution in [1.29, 1.82) is 0 Å². The molecule has 0 saturated carbocycles. The molecule has 0 radical (unpaired) electrons. The first kappa shape index (κ1) is 15.7. The number of nitrogens with one attached hydrogen (secondary N) is 1. The topological polar surface area (TPSA) is 55.1 Å². The lowest BCUT2D eigenvalue weighted by molar-refractivity contribution is -0.119. The van der Waals surface area contributed by atoms with Crippen LogP contribution in [0.25, 0.3) is 0 Å². The molecule has 1 amide bonds. The molecule has 1 aromatic heterocycles. The van der Waals surface area contributed by atoms with E-state index in [9.17, 15) is 4.79 Å². The summed E-state index contributed by atoms with van der Waals surface area (Å²) in [6.45, 7) is 12.4. The lowest BCUT2D eigenvalue weighted by atomic mass is 9.98. The molecule has 1 aromatic rings. The lowest BCUT2D eigenvalue weighted by Crippen LogP contribution is -2.20. The summed E-state index contributed by atoms with van der Waals surface area (Å²) in [5.74, 6) is 2.27. The fourth-order valence-electron chi connectivity index (χ4n) is 1.96. The van der Waals surface area contributed by atoms with Crippen LogP contribution in [0.15, 0.2) is 4.52 Å². The molecule has 19 heavy (non-hydrogen) atoms. The predicted octanol–water partition coefficient (Wildman–Crippen LogP) is 3.98. The van der Waals surface area contributed by atoms with Gasteiger partial charge < -0.3 is 9.84 Å². The van der Waals surface area contributed by atoms with Crippen LogP contribution in [0.5, 0.6) is 0 Å². The molecule has 1 N–H and O–H groups in total. The van der Waals surface area contributed by atoms with Crippen LogP contribution in [-0.4, -0.2) is 11.1 Å². The minimum atomic E-state index is -0.00902. The molecule has 1 atom stereocenters. The number of aromatic nitrogens is 1. The highest BCUT2D eigenvalue weighted by atomic mass is 16.5. The monoisotopic (exact) mass is 266 g/mol. The molecule has 108 valence electrons. The number of rotatable bonds is 6. The van der Waals surface area contributed by atoms with Crippen molar-refractivity contribution in [3.8, 4) is 0 Å². The van der Waals surface area contributed by atoms with E-state index in [-0.39, 0.29) is 17.7 Å². The van der Waals surface area contributed by atoms with Gasteiger partial charge in [-0.25, -0.2) is 0 Å². The summed E-state index contributed by atoms with van der Waals surface area (Å²) in [5, 5.41) is 6.93. The van der Waals surface area contributed by atoms with Gasteiger partial charge in [-0.2, -0.15) is 0 Å². The molecule has 4 nitrogen and oxygen atoms in total. The summed E-state index contributed by atoms with van der Waals surface area (Å²) in [6.07, 6.45) is 1.67. The largest absolute Gasteiger partial charge is 0.359 e. The molecule has 0 aliphatic rings. The quantitative estimate of drug-likeness (QED) is 0.847. The van der Waals surface area contributed by atoms with Gasteiger partial charge >= 0.3 is 0 Å². The van der Waals surface area contributed by atoms with Gasteiger partial charge in [0.05, 0.1) is 0 Å². The van der Waals surface area contributed by atoms with Crippen LogP contribution >= 0.6 is 0 Å². The molecule has 0 bridgehead atoms. The Labute approximate surface area is 115 Å². The van der Waals surface area contributed by atoms with Crippen LogP contribution in [0.2, 0.25) is 0 Å². The van der Waals surface area contributed by atoms with Crippen molar-refractivity contribution >= 4 is 11.7 Å². The minimum Gasteiger partial charge on any atom is -0.359 e. The van der Waals surface area contributed by atoms with Crippen molar-refractivity contribution in [2.24, 2.45) is 11.8 Å². The highest BCUT2D eigenvalue weighted by Gasteiger charge is 2.22. The van der Waals surface area contributed by atoms with E-state index < -0.39 is 0 Å². The highest BCUT2D eigenvalue weighted by Crippen LogP contribution is 2.29. The molecule has 1 heterocycles. The Morgan fingerprint density at radius 1 is 1.26 bits per heavy atom. The van der Waals surface area contributed by atoms with Crippen molar-refractivity contribution in [2.75, 3.05) is 5.32 Å². The number of hydrogen-bond acceptors (Lipinski definition) is 3. The molecule has 1 unspecified atom stereocenters. The second kappa shape index (κ2) is 6.73. The lowest BCUT2D eigenvalue weighted by Gasteiger charge is -2.11. The molecule has 1 rings (SSSR count). The van der Waals surface area contributed by atoms with E-state index in [0.29, 0.717) is 11.7 Å². The Balaban J connectivity index is 2.95. The molecular weight excluding hydrogens is 240 g/mol. The molecule has 0 aliphatic heterocycles. The summed E-state index contributed by atoms with van der Waals surface area (Å²) in [5.41, 5.74) is 1.03. The van der Waals surface area contributed by atoms with E-state index in [1.165, 1.54) is 0 Å². The predicted molar refractivity (Wildman–Crippen MR) is 77.2 cm³/mol. The SMILES string of the molecule is CCC(C)C(=O)Nc1noc(CC(C)C)c1C(C)C. The fourth-order valence-corrected chi connectivity index (χ4v) is 1.96. The maximum Gasteiger partial charge on any atom is 0.228 e. The average molecular weight is 266 g/mol. The number of amides is 1. The smallest absolute Gasteiger partial charge is 0.228 e. The maximum atomic E-state index is 12.0. The third-order valence-corrected chi connectivity index (χ3v) is 3.28. The van der Waals surface area contributed by atoms with Crippen LogP contribution in [-0.2, 0) is 11.2 Å². The number of nitrogens with zero attached hydrogens (tertiary/aromatic N) is 1. The van der Waals surface area contributed by atoms with Gasteiger partial charge in [0.2, 0.25) is 5.91 Å². The van der Waals surface area contributed by atoms with Crippen LogP contribution in [0.3, 0.4) is 0 Å². The summed E-state index contributed by atoms with van der Waals surface area (Å²) in [7, 11) is 0. The van der Waals surface area contributed by atoms with E-state index >= 15 is 0 Å². The first-order valence-corrected chi connectivity index (χ1v) is 7.16. The van der Waals surface area contributed by atoms with Crippen LogP contribution in [0.1, 0.15) is 65.2 Å². The van der Waals surface area contributed by atoms with Crippen molar-refractivity contribution in [3.63, 3.8) is 0 Å². The Hall–Kier alpha value is -1.32. The average Bonchev–Trinajstić information content (AvgIpc) is 2.69. The minimum absolute atomic E-state index is 0.00815. The molecule has 0 fully saturated rings. The van der Waals surface area contributed by atoms with E-state index in [1.54, 1.807) is 0 Å². The first-order chi connectivity index (χ1) is 8.86. The van der Waals surface area contributed by atoms with Crippen molar-refractivity contribution in [2.45, 2.75) is 60.3 Å².